The fraction of sp³-hybridized carbons (Fsp3) is 0.167. The van der Waals surface area contributed by atoms with Crippen LogP contribution in [0.15, 0.2) is 40.1 Å². The molecule has 0 fully saturated rings. The second-order valence-electron chi connectivity index (χ2n) is 3.80. The Morgan fingerprint density at radius 3 is 2.15 bits per heavy atom. The predicted octanol–water partition coefficient (Wildman–Crippen LogP) is 3.05. The summed E-state index contributed by atoms with van der Waals surface area (Å²) in [6, 6.07) is 7.86. The van der Waals surface area contributed by atoms with Crippen molar-refractivity contribution in [1.82, 2.24) is 9.97 Å². The van der Waals surface area contributed by atoms with Crippen LogP contribution in [0, 0.1) is 0 Å². The molecule has 0 amide bonds. The summed E-state index contributed by atoms with van der Waals surface area (Å²) in [4.78, 5) is 7.59. The summed E-state index contributed by atoms with van der Waals surface area (Å²) >= 11 is 11.9. The van der Waals surface area contributed by atoms with Crippen LogP contribution in [0.2, 0.25) is 10.3 Å². The number of nitrogens with zero attached hydrogens (tertiary/aromatic N) is 2. The number of hydrogen-bond acceptors (Lipinski definition) is 5. The number of benzene rings is 1. The van der Waals surface area contributed by atoms with E-state index in [1.807, 2.05) is 6.92 Å². The van der Waals surface area contributed by atoms with E-state index < -0.39 is 9.84 Å². The maximum Gasteiger partial charge on any atom is 0.225 e. The molecule has 5 nitrogen and oxygen atoms in total. The molecule has 1 aromatic heterocycles. The third-order valence-corrected chi connectivity index (χ3v) is 5.03. The maximum atomic E-state index is 12.5. The molecule has 0 radical (unpaired) electrons. The number of halogens is 2. The molecule has 20 heavy (non-hydrogen) atoms. The number of sulfone groups is 1. The Morgan fingerprint density at radius 2 is 1.65 bits per heavy atom. The van der Waals surface area contributed by atoms with Crippen molar-refractivity contribution in [2.45, 2.75) is 16.7 Å². The fourth-order valence-corrected chi connectivity index (χ4v) is 3.86. The van der Waals surface area contributed by atoms with Crippen molar-refractivity contribution in [3.8, 4) is 0 Å². The first-order valence-corrected chi connectivity index (χ1v) is 7.97. The van der Waals surface area contributed by atoms with Gasteiger partial charge in [0.05, 0.1) is 4.90 Å². The van der Waals surface area contributed by atoms with Gasteiger partial charge in [0.2, 0.25) is 15.8 Å². The average Bonchev–Trinajstić information content (AvgIpc) is 2.39. The van der Waals surface area contributed by atoms with Crippen molar-refractivity contribution in [2.75, 3.05) is 11.9 Å². The van der Waals surface area contributed by atoms with E-state index in [0.29, 0.717) is 6.54 Å². The zero-order valence-electron chi connectivity index (χ0n) is 10.5. The first kappa shape index (κ1) is 15.0. The Balaban J connectivity index is 2.59. The highest BCUT2D eigenvalue weighted by Gasteiger charge is 2.26. The van der Waals surface area contributed by atoms with Gasteiger partial charge in [-0.15, -0.1) is 0 Å². The Morgan fingerprint density at radius 1 is 1.10 bits per heavy atom. The van der Waals surface area contributed by atoms with Crippen LogP contribution in [0.25, 0.3) is 0 Å². The third kappa shape index (κ3) is 2.87. The molecule has 0 saturated carbocycles. The molecular formula is C12H11Cl2N3O2S. The van der Waals surface area contributed by atoms with Gasteiger partial charge >= 0.3 is 0 Å². The second-order valence-corrected chi connectivity index (χ2v) is 6.41. The SMILES string of the molecule is CCNc1nc(Cl)c(S(=O)(=O)c2ccccc2)c(Cl)n1. The first-order chi connectivity index (χ1) is 9.46. The van der Waals surface area contributed by atoms with Crippen molar-refractivity contribution in [1.29, 1.82) is 0 Å². The Kier molecular flexibility index (Phi) is 4.47. The summed E-state index contributed by atoms with van der Waals surface area (Å²) in [6.45, 7) is 2.41. The monoisotopic (exact) mass is 331 g/mol. The molecule has 0 aliphatic carbocycles. The van der Waals surface area contributed by atoms with Crippen LogP contribution in [-0.4, -0.2) is 24.9 Å². The third-order valence-electron chi connectivity index (χ3n) is 2.44. The summed E-state index contributed by atoms with van der Waals surface area (Å²) in [5, 5.41) is 2.41. The average molecular weight is 332 g/mol. The van der Waals surface area contributed by atoms with Crippen LogP contribution < -0.4 is 5.32 Å². The van der Waals surface area contributed by atoms with E-state index in [-0.39, 0.29) is 26.0 Å². The van der Waals surface area contributed by atoms with Gasteiger partial charge in [-0.1, -0.05) is 41.4 Å². The molecule has 0 bridgehead atoms. The van der Waals surface area contributed by atoms with E-state index in [4.69, 9.17) is 23.2 Å². The maximum absolute atomic E-state index is 12.5. The van der Waals surface area contributed by atoms with E-state index in [1.165, 1.54) is 12.1 Å². The zero-order chi connectivity index (χ0) is 14.8. The van der Waals surface area contributed by atoms with Crippen LogP contribution in [0.1, 0.15) is 6.92 Å². The lowest BCUT2D eigenvalue weighted by Crippen LogP contribution is -2.09. The van der Waals surface area contributed by atoms with Crippen molar-refractivity contribution in [2.24, 2.45) is 0 Å². The highest BCUT2D eigenvalue weighted by molar-refractivity contribution is 7.91. The molecule has 2 rings (SSSR count). The van der Waals surface area contributed by atoms with Gasteiger partial charge in [-0.2, -0.15) is 9.97 Å². The Labute approximate surface area is 126 Å². The number of rotatable bonds is 4. The summed E-state index contributed by atoms with van der Waals surface area (Å²) in [7, 11) is -3.85. The molecule has 0 unspecified atom stereocenters. The molecular weight excluding hydrogens is 321 g/mol. The van der Waals surface area contributed by atoms with E-state index in [0.717, 1.165) is 0 Å². The first-order valence-electron chi connectivity index (χ1n) is 5.74. The summed E-state index contributed by atoms with van der Waals surface area (Å²) in [5.74, 6) is 0.189. The summed E-state index contributed by atoms with van der Waals surface area (Å²) in [6.07, 6.45) is 0. The topological polar surface area (TPSA) is 72.0 Å². The molecule has 0 atom stereocenters. The molecule has 0 aliphatic rings. The van der Waals surface area contributed by atoms with Crippen molar-refractivity contribution in [3.05, 3.63) is 40.6 Å². The minimum absolute atomic E-state index is 0.0867. The van der Waals surface area contributed by atoms with Gasteiger partial charge in [0.15, 0.2) is 10.3 Å². The van der Waals surface area contributed by atoms with Gasteiger partial charge < -0.3 is 5.32 Å². The Bertz CT molecular complexity index is 698. The zero-order valence-corrected chi connectivity index (χ0v) is 12.8. The van der Waals surface area contributed by atoms with Gasteiger partial charge in [-0.05, 0) is 19.1 Å². The van der Waals surface area contributed by atoms with Crippen LogP contribution in [-0.2, 0) is 9.84 Å². The molecule has 0 spiro atoms. The lowest BCUT2D eigenvalue weighted by atomic mass is 10.4. The van der Waals surface area contributed by atoms with Gasteiger partial charge in [0.1, 0.15) is 4.90 Å². The van der Waals surface area contributed by atoms with Crippen molar-refractivity contribution < 1.29 is 8.42 Å². The van der Waals surface area contributed by atoms with Gasteiger partial charge in [0, 0.05) is 6.54 Å². The smallest absolute Gasteiger partial charge is 0.225 e. The Hall–Kier alpha value is -1.37. The highest BCUT2D eigenvalue weighted by atomic mass is 35.5. The lowest BCUT2D eigenvalue weighted by molar-refractivity contribution is 0.595. The van der Waals surface area contributed by atoms with Crippen LogP contribution in [0.4, 0.5) is 5.95 Å². The molecule has 1 heterocycles. The molecule has 0 saturated heterocycles. The van der Waals surface area contributed by atoms with E-state index >= 15 is 0 Å². The normalized spacial score (nSPS) is 11.3. The number of anilines is 1. The summed E-state index contributed by atoms with van der Waals surface area (Å²) in [5.41, 5.74) is 0. The molecule has 106 valence electrons. The number of hydrogen-bond donors (Lipinski definition) is 1. The molecule has 8 heteroatoms. The summed E-state index contributed by atoms with van der Waals surface area (Å²) < 4.78 is 25.0. The van der Waals surface area contributed by atoms with Crippen LogP contribution in [0.5, 0.6) is 0 Å². The number of nitrogens with one attached hydrogen (secondary N) is 1. The number of aromatic nitrogens is 2. The predicted molar refractivity (Wildman–Crippen MR) is 78.1 cm³/mol. The molecule has 0 aliphatic heterocycles. The van der Waals surface area contributed by atoms with E-state index in [9.17, 15) is 8.42 Å². The highest BCUT2D eigenvalue weighted by Crippen LogP contribution is 2.32. The quantitative estimate of drug-likeness (QED) is 0.871. The molecule has 2 aromatic rings. The molecule has 1 aromatic carbocycles. The van der Waals surface area contributed by atoms with Crippen molar-refractivity contribution in [3.63, 3.8) is 0 Å². The standard InChI is InChI=1S/C12H11Cl2N3O2S/c1-2-15-12-16-10(13)9(11(14)17-12)20(18,19)8-6-4-3-5-7-8/h3-7H,2H2,1H3,(H,15,16,17). The lowest BCUT2D eigenvalue weighted by Gasteiger charge is -2.09. The minimum Gasteiger partial charge on any atom is -0.354 e. The van der Waals surface area contributed by atoms with Crippen LogP contribution in [0.3, 0.4) is 0 Å². The van der Waals surface area contributed by atoms with Gasteiger partial charge in [0.25, 0.3) is 0 Å². The fourth-order valence-electron chi connectivity index (χ4n) is 1.57. The minimum atomic E-state index is -3.85. The largest absolute Gasteiger partial charge is 0.354 e. The van der Waals surface area contributed by atoms with E-state index in [2.05, 4.69) is 15.3 Å². The molecule has 1 N–H and O–H groups in total. The van der Waals surface area contributed by atoms with E-state index in [1.54, 1.807) is 18.2 Å². The second kappa shape index (κ2) is 5.95. The van der Waals surface area contributed by atoms with Gasteiger partial charge in [-0.25, -0.2) is 8.42 Å². The van der Waals surface area contributed by atoms with Crippen molar-refractivity contribution >= 4 is 39.0 Å². The van der Waals surface area contributed by atoms with Gasteiger partial charge in [-0.3, -0.25) is 0 Å². The van der Waals surface area contributed by atoms with Crippen LogP contribution >= 0.6 is 23.2 Å².